The fourth-order valence-corrected chi connectivity index (χ4v) is 4.53. The number of hydrogen-bond donors (Lipinski definition) is 2. The first-order chi connectivity index (χ1) is 11.7. The zero-order valence-electron chi connectivity index (χ0n) is 14.1. The Labute approximate surface area is 148 Å². The van der Waals surface area contributed by atoms with E-state index in [2.05, 4.69) is 0 Å². The molecule has 0 aliphatic rings. The first-order valence-electron chi connectivity index (χ1n) is 7.49. The SMILES string of the molecule is CCOc1ccc(S(=O)(=O)NNS(=O)(=O)c2cc(C)ccc2C)cc1. The van der Waals surface area contributed by atoms with Crippen molar-refractivity contribution in [2.75, 3.05) is 6.61 Å². The van der Waals surface area contributed by atoms with Gasteiger partial charge in [0.1, 0.15) is 5.75 Å². The fraction of sp³-hybridized carbons (Fsp3) is 0.250. The van der Waals surface area contributed by atoms with E-state index in [0.29, 0.717) is 17.9 Å². The summed E-state index contributed by atoms with van der Waals surface area (Å²) in [6.45, 7) is 5.66. The molecular weight excluding hydrogens is 364 g/mol. The lowest BCUT2D eigenvalue weighted by atomic mass is 10.2. The third kappa shape index (κ3) is 4.79. The van der Waals surface area contributed by atoms with E-state index in [-0.39, 0.29) is 9.79 Å². The van der Waals surface area contributed by atoms with Crippen LogP contribution in [0.5, 0.6) is 5.75 Å². The van der Waals surface area contributed by atoms with Gasteiger partial charge in [-0.05, 0) is 62.2 Å². The van der Waals surface area contributed by atoms with Gasteiger partial charge in [0, 0.05) is 0 Å². The highest BCUT2D eigenvalue weighted by Gasteiger charge is 2.21. The smallest absolute Gasteiger partial charge is 0.254 e. The van der Waals surface area contributed by atoms with Gasteiger partial charge in [0.25, 0.3) is 20.0 Å². The van der Waals surface area contributed by atoms with Crippen molar-refractivity contribution in [3.8, 4) is 5.75 Å². The van der Waals surface area contributed by atoms with Crippen molar-refractivity contribution in [3.05, 3.63) is 53.6 Å². The lowest BCUT2D eigenvalue weighted by molar-refractivity contribution is 0.340. The van der Waals surface area contributed by atoms with E-state index in [0.717, 1.165) is 5.56 Å². The lowest BCUT2D eigenvalue weighted by Crippen LogP contribution is -2.41. The van der Waals surface area contributed by atoms with Crippen molar-refractivity contribution in [3.63, 3.8) is 0 Å². The van der Waals surface area contributed by atoms with Gasteiger partial charge < -0.3 is 4.74 Å². The molecule has 2 aromatic carbocycles. The van der Waals surface area contributed by atoms with E-state index in [1.54, 1.807) is 26.0 Å². The first kappa shape index (κ1) is 19.4. The number of ether oxygens (including phenoxy) is 1. The number of aryl methyl sites for hydroxylation is 2. The number of hydrazine groups is 1. The number of sulfonamides is 2. The van der Waals surface area contributed by atoms with E-state index in [9.17, 15) is 16.8 Å². The Morgan fingerprint density at radius 2 is 1.48 bits per heavy atom. The molecule has 0 saturated carbocycles. The Balaban J connectivity index is 2.19. The average Bonchev–Trinajstić information content (AvgIpc) is 2.56. The van der Waals surface area contributed by atoms with E-state index in [1.165, 1.54) is 30.3 Å². The van der Waals surface area contributed by atoms with Crippen molar-refractivity contribution < 1.29 is 21.6 Å². The summed E-state index contributed by atoms with van der Waals surface area (Å²) in [4.78, 5) is 3.76. The molecule has 0 amide bonds. The van der Waals surface area contributed by atoms with Gasteiger partial charge in [-0.3, -0.25) is 0 Å². The molecule has 0 aromatic heterocycles. The minimum absolute atomic E-state index is 0.0156. The molecule has 0 saturated heterocycles. The van der Waals surface area contributed by atoms with Crippen molar-refractivity contribution in [1.29, 1.82) is 0 Å². The van der Waals surface area contributed by atoms with Crippen LogP contribution in [0.3, 0.4) is 0 Å². The second kappa shape index (κ2) is 7.52. The van der Waals surface area contributed by atoms with E-state index in [4.69, 9.17) is 4.74 Å². The Hall–Kier alpha value is -1.94. The summed E-state index contributed by atoms with van der Waals surface area (Å²) in [6.07, 6.45) is 0. The van der Waals surface area contributed by atoms with E-state index < -0.39 is 20.0 Å². The van der Waals surface area contributed by atoms with Crippen molar-refractivity contribution >= 4 is 20.0 Å². The monoisotopic (exact) mass is 384 g/mol. The number of rotatable bonds is 7. The molecule has 0 radical (unpaired) electrons. The van der Waals surface area contributed by atoms with E-state index >= 15 is 0 Å². The number of benzene rings is 2. The number of nitrogens with one attached hydrogen (secondary N) is 2. The third-order valence-electron chi connectivity index (χ3n) is 3.39. The molecule has 0 fully saturated rings. The molecule has 0 spiro atoms. The Kier molecular flexibility index (Phi) is 5.83. The quantitative estimate of drug-likeness (QED) is 0.710. The highest BCUT2D eigenvalue weighted by atomic mass is 32.2. The Morgan fingerprint density at radius 1 is 0.880 bits per heavy atom. The van der Waals surface area contributed by atoms with Gasteiger partial charge in [0.15, 0.2) is 0 Å². The van der Waals surface area contributed by atoms with Gasteiger partial charge >= 0.3 is 0 Å². The van der Waals surface area contributed by atoms with Crippen LogP contribution in [0, 0.1) is 13.8 Å². The summed E-state index contributed by atoms with van der Waals surface area (Å²) < 4.78 is 54.5. The van der Waals surface area contributed by atoms with E-state index in [1.807, 2.05) is 16.6 Å². The minimum atomic E-state index is -4.05. The lowest BCUT2D eigenvalue weighted by Gasteiger charge is -2.12. The van der Waals surface area contributed by atoms with Crippen LogP contribution in [-0.4, -0.2) is 23.4 Å². The van der Waals surface area contributed by atoms with Gasteiger partial charge in [-0.25, -0.2) is 16.8 Å². The molecule has 2 rings (SSSR count). The molecule has 25 heavy (non-hydrogen) atoms. The standard InChI is InChI=1S/C16H20N2O5S2/c1-4-23-14-7-9-15(10-8-14)24(19,20)17-18-25(21,22)16-11-12(2)5-6-13(16)3/h5-11,17-18H,4H2,1-3H3. The van der Waals surface area contributed by atoms with Gasteiger partial charge in [0.05, 0.1) is 16.4 Å². The molecule has 0 heterocycles. The zero-order valence-corrected chi connectivity index (χ0v) is 15.7. The third-order valence-corrected chi connectivity index (χ3v) is 6.17. The maximum atomic E-state index is 12.4. The van der Waals surface area contributed by atoms with Crippen LogP contribution < -0.4 is 14.4 Å². The van der Waals surface area contributed by atoms with Crippen LogP contribution in [0.1, 0.15) is 18.1 Å². The zero-order chi connectivity index (χ0) is 18.7. The van der Waals surface area contributed by atoms with Crippen LogP contribution in [-0.2, 0) is 20.0 Å². The normalized spacial score (nSPS) is 12.1. The highest BCUT2D eigenvalue weighted by Crippen LogP contribution is 2.18. The van der Waals surface area contributed by atoms with Gasteiger partial charge in [-0.1, -0.05) is 12.1 Å². The molecule has 9 heteroatoms. The second-order valence-corrected chi connectivity index (χ2v) is 8.72. The average molecular weight is 384 g/mol. The maximum Gasteiger partial charge on any atom is 0.254 e. The van der Waals surface area contributed by atoms with Crippen molar-refractivity contribution in [2.24, 2.45) is 0 Å². The Bertz CT molecular complexity index is 953. The predicted octanol–water partition coefficient (Wildman–Crippen LogP) is 1.87. The fourth-order valence-electron chi connectivity index (χ4n) is 2.10. The van der Waals surface area contributed by atoms with Crippen molar-refractivity contribution in [2.45, 2.75) is 30.6 Å². The topological polar surface area (TPSA) is 102 Å². The van der Waals surface area contributed by atoms with Crippen LogP contribution in [0.4, 0.5) is 0 Å². The molecular formula is C16H20N2O5S2. The molecule has 0 unspecified atom stereocenters. The van der Waals surface area contributed by atoms with Gasteiger partial charge in [-0.2, -0.15) is 0 Å². The van der Waals surface area contributed by atoms with Crippen LogP contribution in [0.2, 0.25) is 0 Å². The predicted molar refractivity (Wildman–Crippen MR) is 94.2 cm³/mol. The molecule has 2 N–H and O–H groups in total. The summed E-state index contributed by atoms with van der Waals surface area (Å²) in [5.41, 5.74) is 1.26. The van der Waals surface area contributed by atoms with Crippen molar-refractivity contribution in [1.82, 2.24) is 9.66 Å². The summed E-state index contributed by atoms with van der Waals surface area (Å²) in [7, 11) is -8.09. The number of hydrogen-bond acceptors (Lipinski definition) is 5. The highest BCUT2D eigenvalue weighted by molar-refractivity contribution is 7.92. The van der Waals surface area contributed by atoms with Crippen LogP contribution in [0.25, 0.3) is 0 Å². The van der Waals surface area contributed by atoms with Crippen LogP contribution >= 0.6 is 0 Å². The molecule has 7 nitrogen and oxygen atoms in total. The molecule has 0 aliphatic carbocycles. The van der Waals surface area contributed by atoms with Crippen LogP contribution in [0.15, 0.2) is 52.3 Å². The maximum absolute atomic E-state index is 12.4. The largest absolute Gasteiger partial charge is 0.494 e. The van der Waals surface area contributed by atoms with Gasteiger partial charge in [0.2, 0.25) is 0 Å². The molecule has 0 aliphatic heterocycles. The molecule has 2 aromatic rings. The molecule has 0 bridgehead atoms. The Morgan fingerprint density at radius 3 is 2.08 bits per heavy atom. The summed E-state index contributed by atoms with van der Waals surface area (Å²) in [5.74, 6) is 0.525. The molecule has 0 atom stereocenters. The summed E-state index contributed by atoms with van der Waals surface area (Å²) in [5, 5.41) is 0. The second-order valence-electron chi connectivity index (χ2n) is 5.38. The first-order valence-corrected chi connectivity index (χ1v) is 10.5. The summed E-state index contributed by atoms with van der Waals surface area (Å²) in [6, 6.07) is 10.6. The molecule has 136 valence electrons. The van der Waals surface area contributed by atoms with Gasteiger partial charge in [-0.15, -0.1) is 9.66 Å². The minimum Gasteiger partial charge on any atom is -0.494 e. The summed E-state index contributed by atoms with van der Waals surface area (Å²) >= 11 is 0.